The fourth-order valence-corrected chi connectivity index (χ4v) is 2.68. The Labute approximate surface area is 143 Å². The molecule has 0 aliphatic rings. The quantitative estimate of drug-likeness (QED) is 0.754. The van der Waals surface area contributed by atoms with E-state index in [1.54, 1.807) is 6.07 Å². The summed E-state index contributed by atoms with van der Waals surface area (Å²) in [5.41, 5.74) is 2.74. The molecule has 0 unspecified atom stereocenters. The number of carbonyl (C=O) groups excluding carboxylic acids is 1. The van der Waals surface area contributed by atoms with Crippen molar-refractivity contribution in [1.82, 2.24) is 15.2 Å². The van der Waals surface area contributed by atoms with Gasteiger partial charge in [0.15, 0.2) is 0 Å². The number of benzene rings is 1. The Hall–Kier alpha value is -3.16. The van der Waals surface area contributed by atoms with E-state index in [1.807, 2.05) is 19.1 Å². The van der Waals surface area contributed by atoms with Crippen molar-refractivity contribution in [2.45, 2.75) is 26.7 Å². The number of hydrogen-bond donors (Lipinski definition) is 2. The summed E-state index contributed by atoms with van der Waals surface area (Å²) >= 11 is 0. The Bertz CT molecular complexity index is 1000. The highest BCUT2D eigenvalue weighted by atomic mass is 16.5. The van der Waals surface area contributed by atoms with Crippen molar-refractivity contribution < 1.29 is 13.9 Å². The fraction of sp³-hybridized carbons (Fsp3) is 0.294. The molecule has 3 rings (SSSR count). The molecule has 0 atom stereocenters. The van der Waals surface area contributed by atoms with Crippen molar-refractivity contribution in [2.24, 2.45) is 0 Å². The second-order valence-corrected chi connectivity index (χ2v) is 5.95. The highest BCUT2D eigenvalue weighted by molar-refractivity contribution is 6.12. The van der Waals surface area contributed by atoms with Crippen molar-refractivity contribution in [3.63, 3.8) is 0 Å². The number of pyridine rings is 1. The van der Waals surface area contributed by atoms with Crippen molar-refractivity contribution >= 4 is 22.8 Å². The van der Waals surface area contributed by atoms with Gasteiger partial charge in [-0.3, -0.25) is 15.1 Å². The molecule has 0 aliphatic heterocycles. The van der Waals surface area contributed by atoms with Gasteiger partial charge in [0.05, 0.1) is 18.2 Å². The van der Waals surface area contributed by atoms with Gasteiger partial charge in [-0.15, -0.1) is 5.10 Å². The lowest BCUT2D eigenvalue weighted by Gasteiger charge is -2.15. The number of nitrogens with one attached hydrogen (secondary N) is 2. The second kappa shape index (κ2) is 6.39. The minimum Gasteiger partial charge on any atom is -0.497 e. The van der Waals surface area contributed by atoms with Gasteiger partial charge in [0, 0.05) is 11.1 Å². The van der Waals surface area contributed by atoms with Gasteiger partial charge in [0.1, 0.15) is 5.75 Å². The summed E-state index contributed by atoms with van der Waals surface area (Å²) in [6.45, 7) is 6.03. The summed E-state index contributed by atoms with van der Waals surface area (Å²) in [4.78, 5) is 28.2. The van der Waals surface area contributed by atoms with Crippen molar-refractivity contribution in [1.29, 1.82) is 0 Å². The number of rotatable bonds is 4. The highest BCUT2D eigenvalue weighted by Gasteiger charge is 2.19. The monoisotopic (exact) mass is 342 g/mol. The molecule has 0 spiro atoms. The zero-order valence-electron chi connectivity index (χ0n) is 14.3. The Balaban J connectivity index is 2.18. The third-order valence-corrected chi connectivity index (χ3v) is 3.81. The van der Waals surface area contributed by atoms with Gasteiger partial charge in [-0.25, -0.2) is 9.89 Å². The van der Waals surface area contributed by atoms with Gasteiger partial charge in [-0.2, -0.15) is 0 Å². The van der Waals surface area contributed by atoms with Crippen LogP contribution in [0, 0.1) is 6.92 Å². The van der Waals surface area contributed by atoms with Crippen LogP contribution in [0.25, 0.3) is 10.9 Å². The van der Waals surface area contributed by atoms with Crippen LogP contribution < -0.4 is 15.8 Å². The molecule has 1 amide bonds. The first-order valence-electron chi connectivity index (χ1n) is 7.75. The third kappa shape index (κ3) is 3.23. The predicted molar refractivity (Wildman–Crippen MR) is 92.2 cm³/mol. The van der Waals surface area contributed by atoms with E-state index < -0.39 is 11.7 Å². The Morgan fingerprint density at radius 2 is 2.08 bits per heavy atom. The second-order valence-electron chi connectivity index (χ2n) is 5.95. The molecule has 0 aliphatic carbocycles. The van der Waals surface area contributed by atoms with Crippen LogP contribution in [0.1, 0.15) is 41.4 Å². The molecule has 0 bridgehead atoms. The maximum atomic E-state index is 12.7. The summed E-state index contributed by atoms with van der Waals surface area (Å²) in [7, 11) is 1.53. The largest absolute Gasteiger partial charge is 0.497 e. The maximum absolute atomic E-state index is 12.7. The Morgan fingerprint density at radius 1 is 1.32 bits per heavy atom. The van der Waals surface area contributed by atoms with Crippen LogP contribution >= 0.6 is 0 Å². The van der Waals surface area contributed by atoms with E-state index in [9.17, 15) is 9.59 Å². The molecule has 25 heavy (non-hydrogen) atoms. The standard InChI is InChI=1S/C17H18N4O4/c1-8(2)11-5-9(3)18-14-12(11)6-10(24-4)7-13(14)15(22)19-16-20-21-17(23)25-16/h5-8H,1-4H3,(H,21,23)(H,19,20,22). The SMILES string of the molecule is COc1cc(C(=O)Nc2n[nH]c(=O)o2)c2nc(C)cc(C(C)C)c2c1. The first kappa shape index (κ1) is 16.7. The zero-order valence-corrected chi connectivity index (χ0v) is 14.3. The van der Waals surface area contributed by atoms with E-state index in [2.05, 4.69) is 34.3 Å². The smallest absolute Gasteiger partial charge is 0.435 e. The molecule has 130 valence electrons. The molecule has 1 aromatic carbocycles. The van der Waals surface area contributed by atoms with E-state index in [4.69, 9.17) is 9.15 Å². The lowest BCUT2D eigenvalue weighted by molar-refractivity contribution is 0.102. The minimum atomic E-state index is -0.748. The van der Waals surface area contributed by atoms with E-state index in [1.165, 1.54) is 7.11 Å². The van der Waals surface area contributed by atoms with Crippen LogP contribution in [0.5, 0.6) is 5.75 Å². The summed E-state index contributed by atoms with van der Waals surface area (Å²) in [5.74, 6) is -0.459. The average Bonchev–Trinajstić information content (AvgIpc) is 2.97. The molecular weight excluding hydrogens is 324 g/mol. The number of carbonyl (C=O) groups is 1. The number of fused-ring (bicyclic) bond motifs is 1. The van der Waals surface area contributed by atoms with Crippen LogP contribution in [-0.4, -0.2) is 28.2 Å². The highest BCUT2D eigenvalue weighted by Crippen LogP contribution is 2.31. The lowest BCUT2D eigenvalue weighted by Crippen LogP contribution is -2.14. The number of amides is 1. The molecule has 2 heterocycles. The summed E-state index contributed by atoms with van der Waals surface area (Å²) in [5, 5.41) is 8.96. The van der Waals surface area contributed by atoms with E-state index in [-0.39, 0.29) is 11.9 Å². The Morgan fingerprint density at radius 3 is 2.68 bits per heavy atom. The van der Waals surface area contributed by atoms with Gasteiger partial charge >= 0.3 is 11.8 Å². The molecule has 8 heteroatoms. The summed E-state index contributed by atoms with van der Waals surface area (Å²) < 4.78 is 10.1. The number of H-pyrrole nitrogens is 1. The number of aromatic amines is 1. The van der Waals surface area contributed by atoms with Crippen LogP contribution in [0.15, 0.2) is 27.4 Å². The van der Waals surface area contributed by atoms with E-state index in [0.717, 1.165) is 16.6 Å². The number of aryl methyl sites for hydroxylation is 1. The normalized spacial score (nSPS) is 11.1. The number of anilines is 1. The molecule has 2 aromatic heterocycles. The van der Waals surface area contributed by atoms with Crippen molar-refractivity contribution in [3.8, 4) is 5.75 Å². The van der Waals surface area contributed by atoms with Crippen LogP contribution in [0.3, 0.4) is 0 Å². The van der Waals surface area contributed by atoms with Gasteiger partial charge in [-0.05, 0) is 36.6 Å². The van der Waals surface area contributed by atoms with Crippen molar-refractivity contribution in [2.75, 3.05) is 12.4 Å². The first-order chi connectivity index (χ1) is 11.9. The van der Waals surface area contributed by atoms with Crippen LogP contribution in [0.4, 0.5) is 6.01 Å². The van der Waals surface area contributed by atoms with E-state index >= 15 is 0 Å². The Kier molecular flexibility index (Phi) is 4.26. The van der Waals surface area contributed by atoms with Gasteiger partial charge in [-0.1, -0.05) is 13.8 Å². The number of aromatic nitrogens is 3. The van der Waals surface area contributed by atoms with E-state index in [0.29, 0.717) is 16.8 Å². The number of nitrogens with zero attached hydrogens (tertiary/aromatic N) is 2. The third-order valence-electron chi connectivity index (χ3n) is 3.81. The van der Waals surface area contributed by atoms with Gasteiger partial charge in [0.25, 0.3) is 5.91 Å². The molecule has 0 radical (unpaired) electrons. The molecule has 2 N–H and O–H groups in total. The number of hydrogen-bond acceptors (Lipinski definition) is 6. The molecule has 0 saturated heterocycles. The van der Waals surface area contributed by atoms with Crippen LogP contribution in [0.2, 0.25) is 0 Å². The summed E-state index contributed by atoms with van der Waals surface area (Å²) in [6.07, 6.45) is 0. The number of methoxy groups -OCH3 is 1. The van der Waals surface area contributed by atoms with Gasteiger partial charge < -0.3 is 9.15 Å². The van der Waals surface area contributed by atoms with Crippen molar-refractivity contribution in [3.05, 3.63) is 45.6 Å². The predicted octanol–water partition coefficient (Wildman–Crippen LogP) is 2.60. The fourth-order valence-electron chi connectivity index (χ4n) is 2.68. The molecular formula is C17H18N4O4. The minimum absolute atomic E-state index is 0.206. The average molecular weight is 342 g/mol. The molecule has 0 fully saturated rings. The molecule has 8 nitrogen and oxygen atoms in total. The number of ether oxygens (including phenoxy) is 1. The van der Waals surface area contributed by atoms with Crippen LogP contribution in [-0.2, 0) is 0 Å². The lowest BCUT2D eigenvalue weighted by atomic mass is 9.95. The zero-order chi connectivity index (χ0) is 18.1. The van der Waals surface area contributed by atoms with Gasteiger partial charge in [0.2, 0.25) is 0 Å². The maximum Gasteiger partial charge on any atom is 0.435 e. The summed E-state index contributed by atoms with van der Waals surface area (Å²) in [6, 6.07) is 5.25. The first-order valence-corrected chi connectivity index (χ1v) is 7.75. The topological polar surface area (TPSA) is 110 Å². The molecule has 3 aromatic rings. The molecule has 0 saturated carbocycles.